The minimum Gasteiger partial charge on any atom is -0.493 e. The van der Waals surface area contributed by atoms with Gasteiger partial charge in [0.25, 0.3) is 0 Å². The molecule has 0 radical (unpaired) electrons. The molecule has 0 bridgehead atoms. The van der Waals surface area contributed by atoms with Gasteiger partial charge < -0.3 is 19.3 Å². The quantitative estimate of drug-likeness (QED) is 0.702. The van der Waals surface area contributed by atoms with Gasteiger partial charge in [0.2, 0.25) is 0 Å². The van der Waals surface area contributed by atoms with Gasteiger partial charge in [0.15, 0.2) is 0 Å². The average molecular weight is 342 g/mol. The highest BCUT2D eigenvalue weighted by molar-refractivity contribution is 5.36. The predicted octanol–water partition coefficient (Wildman–Crippen LogP) is 1.05. The van der Waals surface area contributed by atoms with Crippen molar-refractivity contribution in [3.8, 4) is 17.2 Å². The fraction of sp³-hybridized carbons (Fsp3) is 0.429. The molecule has 134 valence electrons. The van der Waals surface area contributed by atoms with Gasteiger partial charge in [-0.15, -0.1) is 0 Å². The Morgan fingerprint density at radius 2 is 1.48 bits per heavy atom. The Kier molecular flexibility index (Phi) is 6.71. The van der Waals surface area contributed by atoms with Crippen molar-refractivity contribution < 1.29 is 19.3 Å². The maximum Gasteiger partial charge on any atom is 0.131 e. The van der Waals surface area contributed by atoms with Crippen molar-refractivity contribution in [2.45, 2.75) is 13.3 Å². The minimum atomic E-state index is 0.767. The number of hydrogen-bond acceptors (Lipinski definition) is 2. The molecule has 1 aliphatic rings. The third-order valence-electron chi connectivity index (χ3n) is 4.89. The summed E-state index contributed by atoms with van der Waals surface area (Å²) in [5.41, 5.74) is 0. The molecular formula is C21H30N2O2+2. The first-order valence-corrected chi connectivity index (χ1v) is 9.46. The van der Waals surface area contributed by atoms with E-state index in [9.17, 15) is 0 Å². The smallest absolute Gasteiger partial charge is 0.131 e. The van der Waals surface area contributed by atoms with Crippen molar-refractivity contribution in [1.82, 2.24) is 0 Å². The third kappa shape index (κ3) is 5.76. The summed E-state index contributed by atoms with van der Waals surface area (Å²) in [6, 6.07) is 17.7. The molecule has 0 spiro atoms. The number of hydrogen-bond donors (Lipinski definition) is 2. The van der Waals surface area contributed by atoms with Crippen molar-refractivity contribution in [2.75, 3.05) is 45.9 Å². The second kappa shape index (κ2) is 9.44. The van der Waals surface area contributed by atoms with Gasteiger partial charge in [-0.2, -0.15) is 0 Å². The van der Waals surface area contributed by atoms with Crippen LogP contribution in [0.5, 0.6) is 17.2 Å². The Morgan fingerprint density at radius 3 is 2.24 bits per heavy atom. The highest BCUT2D eigenvalue weighted by Crippen LogP contribution is 2.24. The van der Waals surface area contributed by atoms with Crippen LogP contribution in [0.2, 0.25) is 0 Å². The summed E-state index contributed by atoms with van der Waals surface area (Å²) in [6.07, 6.45) is 1.10. The van der Waals surface area contributed by atoms with Gasteiger partial charge >= 0.3 is 0 Å². The molecule has 0 aliphatic carbocycles. The van der Waals surface area contributed by atoms with Crippen molar-refractivity contribution in [2.24, 2.45) is 0 Å². The number of nitrogens with one attached hydrogen (secondary N) is 2. The summed E-state index contributed by atoms with van der Waals surface area (Å²) >= 11 is 0. The van der Waals surface area contributed by atoms with E-state index in [1.165, 1.54) is 39.3 Å². The lowest BCUT2D eigenvalue weighted by Gasteiger charge is -2.28. The summed E-state index contributed by atoms with van der Waals surface area (Å²) in [5.74, 6) is 2.54. The van der Waals surface area contributed by atoms with Crippen LogP contribution in [0.1, 0.15) is 13.3 Å². The van der Waals surface area contributed by atoms with Crippen LogP contribution in [-0.2, 0) is 0 Å². The zero-order valence-corrected chi connectivity index (χ0v) is 15.2. The molecule has 0 aromatic heterocycles. The Bertz CT molecular complexity index is 625. The summed E-state index contributed by atoms with van der Waals surface area (Å²) in [6.45, 7) is 10.7. The van der Waals surface area contributed by atoms with Crippen LogP contribution < -0.4 is 19.3 Å². The molecule has 0 saturated carbocycles. The molecule has 2 aromatic rings. The van der Waals surface area contributed by atoms with E-state index in [4.69, 9.17) is 9.47 Å². The van der Waals surface area contributed by atoms with E-state index in [1.54, 1.807) is 9.80 Å². The molecule has 0 atom stereocenters. The van der Waals surface area contributed by atoms with Gasteiger partial charge in [-0.3, -0.25) is 0 Å². The van der Waals surface area contributed by atoms with E-state index in [-0.39, 0.29) is 0 Å². The van der Waals surface area contributed by atoms with Crippen molar-refractivity contribution in [3.63, 3.8) is 0 Å². The summed E-state index contributed by atoms with van der Waals surface area (Å²) in [5, 5.41) is 0. The Labute approximate surface area is 151 Å². The van der Waals surface area contributed by atoms with E-state index in [1.807, 2.05) is 54.6 Å². The van der Waals surface area contributed by atoms with Crippen molar-refractivity contribution in [3.05, 3.63) is 54.6 Å². The van der Waals surface area contributed by atoms with Crippen molar-refractivity contribution in [1.29, 1.82) is 0 Å². The number of rotatable bonds is 8. The summed E-state index contributed by atoms with van der Waals surface area (Å²) in [7, 11) is 0. The highest BCUT2D eigenvalue weighted by atomic mass is 16.5. The number of para-hydroxylation sites is 1. The second-order valence-electron chi connectivity index (χ2n) is 6.70. The lowest BCUT2D eigenvalue weighted by Crippen LogP contribution is -3.28. The Hall–Kier alpha value is -2.04. The molecule has 0 unspecified atom stereocenters. The maximum absolute atomic E-state index is 5.92. The molecule has 0 amide bonds. The summed E-state index contributed by atoms with van der Waals surface area (Å²) in [4.78, 5) is 3.47. The maximum atomic E-state index is 5.92. The molecule has 4 heteroatoms. The number of ether oxygens (including phenoxy) is 2. The first kappa shape index (κ1) is 17.8. The fourth-order valence-corrected chi connectivity index (χ4v) is 3.32. The normalized spacial score (nSPS) is 20.2. The molecule has 1 aliphatic heterocycles. The zero-order valence-electron chi connectivity index (χ0n) is 15.2. The van der Waals surface area contributed by atoms with Crippen LogP contribution in [0.15, 0.2) is 54.6 Å². The van der Waals surface area contributed by atoms with Crippen LogP contribution >= 0.6 is 0 Å². The van der Waals surface area contributed by atoms with Crippen LogP contribution in [0.4, 0.5) is 0 Å². The van der Waals surface area contributed by atoms with E-state index in [0.29, 0.717) is 0 Å². The van der Waals surface area contributed by atoms with Gasteiger partial charge in [-0.05, 0) is 31.2 Å². The topological polar surface area (TPSA) is 27.3 Å². The molecule has 4 nitrogen and oxygen atoms in total. The van der Waals surface area contributed by atoms with Gasteiger partial charge in [-0.25, -0.2) is 0 Å². The average Bonchev–Trinajstić information content (AvgIpc) is 2.67. The SMILES string of the molecule is CC[NH+]1CC[NH+](CCCOc2cccc(Oc3ccccc3)c2)CC1. The van der Waals surface area contributed by atoms with Crippen molar-refractivity contribution >= 4 is 0 Å². The number of benzene rings is 2. The molecule has 1 fully saturated rings. The van der Waals surface area contributed by atoms with Crippen LogP contribution in [0.25, 0.3) is 0 Å². The monoisotopic (exact) mass is 342 g/mol. The highest BCUT2D eigenvalue weighted by Gasteiger charge is 2.20. The molecular weight excluding hydrogens is 312 g/mol. The molecule has 2 N–H and O–H groups in total. The first-order chi connectivity index (χ1) is 12.3. The minimum absolute atomic E-state index is 0.767. The third-order valence-corrected chi connectivity index (χ3v) is 4.89. The molecule has 3 rings (SSSR count). The largest absolute Gasteiger partial charge is 0.493 e. The molecule has 1 heterocycles. The number of piperazine rings is 1. The van der Waals surface area contributed by atoms with Gasteiger partial charge in [0, 0.05) is 12.5 Å². The Morgan fingerprint density at radius 1 is 0.800 bits per heavy atom. The van der Waals surface area contributed by atoms with Gasteiger partial charge in [0.05, 0.1) is 19.7 Å². The second-order valence-corrected chi connectivity index (χ2v) is 6.70. The van der Waals surface area contributed by atoms with Crippen LogP contribution in [-0.4, -0.2) is 45.9 Å². The van der Waals surface area contributed by atoms with E-state index >= 15 is 0 Å². The van der Waals surface area contributed by atoms with E-state index in [0.717, 1.165) is 30.3 Å². The lowest BCUT2D eigenvalue weighted by molar-refractivity contribution is -1.01. The fourth-order valence-electron chi connectivity index (χ4n) is 3.32. The summed E-state index contributed by atoms with van der Waals surface area (Å²) < 4.78 is 11.8. The van der Waals surface area contributed by atoms with E-state index in [2.05, 4.69) is 6.92 Å². The molecule has 25 heavy (non-hydrogen) atoms. The Balaban J connectivity index is 1.39. The van der Waals surface area contributed by atoms with Gasteiger partial charge in [0.1, 0.15) is 43.4 Å². The first-order valence-electron chi connectivity index (χ1n) is 9.46. The standard InChI is InChI=1S/C21H28N2O2/c1-2-22-13-15-23(16-14-22)12-7-17-24-20-10-6-11-21(18-20)25-19-8-4-3-5-9-19/h3-6,8-11,18H,2,7,12-17H2,1H3/p+2. The zero-order chi connectivity index (χ0) is 17.3. The number of likely N-dealkylation sites (N-methyl/N-ethyl adjacent to an activating group) is 1. The van der Waals surface area contributed by atoms with Crippen LogP contribution in [0, 0.1) is 0 Å². The predicted molar refractivity (Wildman–Crippen MR) is 99.9 cm³/mol. The van der Waals surface area contributed by atoms with Crippen LogP contribution in [0.3, 0.4) is 0 Å². The van der Waals surface area contributed by atoms with Gasteiger partial charge in [-0.1, -0.05) is 24.3 Å². The lowest BCUT2D eigenvalue weighted by atomic mass is 10.3. The molecule has 2 aromatic carbocycles. The number of quaternary nitrogens is 2. The molecule has 1 saturated heterocycles. The van der Waals surface area contributed by atoms with E-state index < -0.39 is 0 Å².